The fourth-order valence-electron chi connectivity index (χ4n) is 2.57. The fraction of sp³-hybridized carbons (Fsp3) is 1.00. The van der Waals surface area contributed by atoms with Gasteiger partial charge < -0.3 is 4.57 Å². The molecule has 0 aromatic carbocycles. The Kier molecular flexibility index (Phi) is 6.69. The second-order valence-electron chi connectivity index (χ2n) is 3.85. The summed E-state index contributed by atoms with van der Waals surface area (Å²) in [6, 6.07) is 4.35. The molecule has 1 nitrogen and oxygen atoms in total. The zero-order chi connectivity index (χ0) is 10.3. The third kappa shape index (κ3) is 3.10. The summed E-state index contributed by atoms with van der Waals surface area (Å²) >= 11 is 0. The van der Waals surface area contributed by atoms with Gasteiger partial charge >= 0.3 is 0 Å². The molecule has 0 heterocycles. The van der Waals surface area contributed by atoms with E-state index in [4.69, 9.17) is 0 Å². The molecule has 0 rings (SSSR count). The van der Waals surface area contributed by atoms with Gasteiger partial charge in [0.05, 0.1) is 0 Å². The van der Waals surface area contributed by atoms with Crippen LogP contribution in [-0.2, 0) is 0 Å². The summed E-state index contributed by atoms with van der Waals surface area (Å²) in [6.07, 6.45) is 1.37. The smallest absolute Gasteiger partial charge is 0.127 e. The van der Waals surface area contributed by atoms with Crippen molar-refractivity contribution in [3.05, 3.63) is 0 Å². The van der Waals surface area contributed by atoms with Gasteiger partial charge in [-0.05, 0) is 31.2 Å². The predicted molar refractivity (Wildman–Crippen MR) is 64.7 cm³/mol. The van der Waals surface area contributed by atoms with Crippen LogP contribution in [0.1, 0.15) is 41.0 Å². The molecular formula is C11H27NSi. The molecule has 0 saturated carbocycles. The van der Waals surface area contributed by atoms with E-state index < -0.39 is 8.24 Å². The number of nitrogens with zero attached hydrogens (tertiary/aromatic N) is 1. The van der Waals surface area contributed by atoms with Crippen LogP contribution in [-0.4, -0.2) is 25.9 Å². The molecular weight excluding hydrogens is 174 g/mol. The van der Waals surface area contributed by atoms with Gasteiger partial charge in [-0.25, -0.2) is 0 Å². The molecule has 2 heteroatoms. The molecule has 0 atom stereocenters. The van der Waals surface area contributed by atoms with Crippen molar-refractivity contribution in [2.24, 2.45) is 0 Å². The zero-order valence-electron chi connectivity index (χ0n) is 10.2. The van der Waals surface area contributed by atoms with E-state index in [1.165, 1.54) is 37.6 Å². The lowest BCUT2D eigenvalue weighted by Gasteiger charge is -2.40. The van der Waals surface area contributed by atoms with Crippen LogP contribution >= 0.6 is 0 Å². The quantitative estimate of drug-likeness (QED) is 0.567. The van der Waals surface area contributed by atoms with Crippen molar-refractivity contribution in [1.29, 1.82) is 0 Å². The molecule has 0 unspecified atom stereocenters. The van der Waals surface area contributed by atoms with Gasteiger partial charge in [0, 0.05) is 0 Å². The largest absolute Gasteiger partial charge is 0.324 e. The minimum absolute atomic E-state index is 1.04. The molecule has 0 spiro atoms. The topological polar surface area (TPSA) is 3.24 Å². The van der Waals surface area contributed by atoms with E-state index >= 15 is 0 Å². The third-order valence-corrected chi connectivity index (χ3v) is 9.50. The van der Waals surface area contributed by atoms with Crippen LogP contribution in [0, 0.1) is 0 Å². The van der Waals surface area contributed by atoms with Crippen molar-refractivity contribution < 1.29 is 0 Å². The molecule has 80 valence electrons. The summed E-state index contributed by atoms with van der Waals surface area (Å²) < 4.78 is 2.77. The van der Waals surface area contributed by atoms with Crippen LogP contribution in [0.3, 0.4) is 0 Å². The Morgan fingerprint density at radius 3 is 1.54 bits per heavy atom. The number of hydrogen-bond acceptors (Lipinski definition) is 1. The highest BCUT2D eigenvalue weighted by Gasteiger charge is 2.33. The molecule has 0 aliphatic rings. The van der Waals surface area contributed by atoms with Crippen molar-refractivity contribution in [3.8, 4) is 0 Å². The van der Waals surface area contributed by atoms with E-state index in [0.717, 1.165) is 0 Å². The molecule has 0 aliphatic heterocycles. The van der Waals surface area contributed by atoms with E-state index in [0.29, 0.717) is 0 Å². The van der Waals surface area contributed by atoms with Crippen LogP contribution in [0.25, 0.3) is 0 Å². The molecule has 0 N–H and O–H groups in total. The highest BCUT2D eigenvalue weighted by Crippen LogP contribution is 2.26. The Bertz CT molecular complexity index is 117. The molecule has 0 aromatic heterocycles. The Morgan fingerprint density at radius 1 is 0.846 bits per heavy atom. The second-order valence-corrected chi connectivity index (χ2v) is 8.85. The molecule has 13 heavy (non-hydrogen) atoms. The van der Waals surface area contributed by atoms with Crippen LogP contribution in [0.4, 0.5) is 0 Å². The van der Waals surface area contributed by atoms with Crippen molar-refractivity contribution in [1.82, 2.24) is 4.57 Å². The first-order valence-electron chi connectivity index (χ1n) is 5.95. The van der Waals surface area contributed by atoms with Gasteiger partial charge in [-0.1, -0.05) is 41.0 Å². The van der Waals surface area contributed by atoms with Crippen LogP contribution in [0.5, 0.6) is 0 Å². The summed E-state index contributed by atoms with van der Waals surface area (Å²) in [5.41, 5.74) is 0. The molecule has 0 amide bonds. The van der Waals surface area contributed by atoms with E-state index in [-0.39, 0.29) is 0 Å². The predicted octanol–water partition coefficient (Wildman–Crippen LogP) is 3.72. The van der Waals surface area contributed by atoms with Gasteiger partial charge in [-0.2, -0.15) is 0 Å². The van der Waals surface area contributed by atoms with Crippen molar-refractivity contribution in [2.75, 3.05) is 13.1 Å². The normalized spacial score (nSPS) is 12.5. The summed E-state index contributed by atoms with van der Waals surface area (Å²) in [7, 11) is -1.04. The minimum Gasteiger partial charge on any atom is -0.324 e. The molecule has 0 radical (unpaired) electrons. The Morgan fingerprint density at radius 2 is 1.31 bits per heavy atom. The first-order valence-corrected chi connectivity index (χ1v) is 8.52. The van der Waals surface area contributed by atoms with Crippen LogP contribution < -0.4 is 0 Å². The van der Waals surface area contributed by atoms with Crippen LogP contribution in [0.2, 0.25) is 18.1 Å². The number of rotatable bonds is 7. The second kappa shape index (κ2) is 6.60. The van der Waals surface area contributed by atoms with Crippen molar-refractivity contribution >= 4 is 8.24 Å². The van der Waals surface area contributed by atoms with Gasteiger partial charge in [-0.3, -0.25) is 0 Å². The summed E-state index contributed by atoms with van der Waals surface area (Å²) in [5.74, 6) is 0. The van der Waals surface area contributed by atoms with Gasteiger partial charge in [0.15, 0.2) is 0 Å². The van der Waals surface area contributed by atoms with Gasteiger partial charge in [0.1, 0.15) is 8.24 Å². The third-order valence-electron chi connectivity index (χ3n) is 3.47. The maximum Gasteiger partial charge on any atom is 0.127 e. The van der Waals surface area contributed by atoms with E-state index in [9.17, 15) is 0 Å². The first-order chi connectivity index (χ1) is 6.20. The molecule has 0 bridgehead atoms. The summed E-state index contributed by atoms with van der Waals surface area (Å²) in [5, 5.41) is 0. The van der Waals surface area contributed by atoms with Crippen LogP contribution in [0.15, 0.2) is 0 Å². The highest BCUT2D eigenvalue weighted by atomic mass is 28.3. The highest BCUT2D eigenvalue weighted by molar-refractivity contribution is 6.77. The van der Waals surface area contributed by atoms with E-state index in [1.54, 1.807) is 0 Å². The maximum absolute atomic E-state index is 2.77. The SMILES string of the molecule is CCC[Si](CC)(CC)N(CC)CC. The average molecular weight is 201 g/mol. The van der Waals surface area contributed by atoms with Crippen molar-refractivity contribution in [3.63, 3.8) is 0 Å². The van der Waals surface area contributed by atoms with Gasteiger partial charge in [0.25, 0.3) is 0 Å². The molecule has 0 fully saturated rings. The lowest BCUT2D eigenvalue weighted by Crippen LogP contribution is -2.52. The first kappa shape index (κ1) is 13.2. The summed E-state index contributed by atoms with van der Waals surface area (Å²) in [4.78, 5) is 0. The average Bonchev–Trinajstić information content (AvgIpc) is 2.18. The monoisotopic (exact) mass is 201 g/mol. The van der Waals surface area contributed by atoms with Gasteiger partial charge in [-0.15, -0.1) is 0 Å². The fourth-order valence-corrected chi connectivity index (χ4v) is 7.26. The molecule has 0 saturated heterocycles. The Labute approximate surface area is 85.6 Å². The zero-order valence-corrected chi connectivity index (χ0v) is 11.2. The van der Waals surface area contributed by atoms with E-state index in [2.05, 4.69) is 39.2 Å². The maximum atomic E-state index is 2.77. The van der Waals surface area contributed by atoms with Gasteiger partial charge in [0.2, 0.25) is 0 Å². The number of hydrogen-bond donors (Lipinski definition) is 0. The molecule has 0 aliphatic carbocycles. The van der Waals surface area contributed by atoms with E-state index in [1.807, 2.05) is 0 Å². The molecule has 0 aromatic rings. The Hall–Kier alpha value is 0.177. The summed E-state index contributed by atoms with van der Waals surface area (Å²) in [6.45, 7) is 14.2. The Balaban J connectivity index is 4.50. The standard InChI is InChI=1S/C11H27NSi/c1-6-11-13(9-4,10-5)12(7-2)8-3/h6-11H2,1-5H3. The minimum atomic E-state index is -1.04. The lowest BCUT2D eigenvalue weighted by atomic mass is 10.6. The van der Waals surface area contributed by atoms with Crippen molar-refractivity contribution in [2.45, 2.75) is 59.2 Å². The lowest BCUT2D eigenvalue weighted by molar-refractivity contribution is 0.454.